The molecule has 1 heterocycles. The summed E-state index contributed by atoms with van der Waals surface area (Å²) in [4.78, 5) is 0. The molecule has 17 heavy (non-hydrogen) atoms. The standard InChI is InChI=1S/C11H18F3N3/c1-7-10(8(2)17(4)16-7)9(15-3)5-6-11(12,13)14/h9,15H,5-6H2,1-4H3. The Kier molecular flexibility index (Phi) is 4.19. The van der Waals surface area contributed by atoms with Crippen LogP contribution in [-0.2, 0) is 7.05 Å². The van der Waals surface area contributed by atoms with Gasteiger partial charge in [-0.2, -0.15) is 18.3 Å². The summed E-state index contributed by atoms with van der Waals surface area (Å²) in [7, 11) is 3.47. The Morgan fingerprint density at radius 3 is 2.29 bits per heavy atom. The smallest absolute Gasteiger partial charge is 0.313 e. The number of alkyl halides is 3. The topological polar surface area (TPSA) is 29.9 Å². The Bertz CT molecular complexity index is 382. The average molecular weight is 249 g/mol. The highest BCUT2D eigenvalue weighted by Gasteiger charge is 2.29. The third-order valence-electron chi connectivity index (χ3n) is 2.98. The Morgan fingerprint density at radius 1 is 1.35 bits per heavy atom. The van der Waals surface area contributed by atoms with Gasteiger partial charge in [0.1, 0.15) is 0 Å². The minimum atomic E-state index is -4.11. The minimum Gasteiger partial charge on any atom is -0.313 e. The van der Waals surface area contributed by atoms with Gasteiger partial charge < -0.3 is 5.32 Å². The first-order valence-electron chi connectivity index (χ1n) is 5.50. The highest BCUT2D eigenvalue weighted by Crippen LogP contribution is 2.30. The quantitative estimate of drug-likeness (QED) is 0.889. The predicted molar refractivity (Wildman–Crippen MR) is 59.8 cm³/mol. The van der Waals surface area contributed by atoms with Crippen molar-refractivity contribution in [2.75, 3.05) is 7.05 Å². The van der Waals surface area contributed by atoms with E-state index in [9.17, 15) is 13.2 Å². The maximum absolute atomic E-state index is 12.2. The molecule has 0 aliphatic heterocycles. The van der Waals surface area contributed by atoms with Crippen molar-refractivity contribution in [3.05, 3.63) is 17.0 Å². The third-order valence-corrected chi connectivity index (χ3v) is 2.98. The molecule has 98 valence electrons. The number of hydrogen-bond acceptors (Lipinski definition) is 2. The van der Waals surface area contributed by atoms with Crippen molar-refractivity contribution in [3.63, 3.8) is 0 Å². The van der Waals surface area contributed by atoms with Gasteiger partial charge in [0.25, 0.3) is 0 Å². The summed E-state index contributed by atoms with van der Waals surface area (Å²) in [5, 5.41) is 7.15. The monoisotopic (exact) mass is 249 g/mol. The second-order valence-electron chi connectivity index (χ2n) is 4.20. The van der Waals surface area contributed by atoms with Gasteiger partial charge in [0.2, 0.25) is 0 Å². The molecular weight excluding hydrogens is 231 g/mol. The lowest BCUT2D eigenvalue weighted by molar-refractivity contribution is -0.136. The van der Waals surface area contributed by atoms with Gasteiger partial charge >= 0.3 is 6.18 Å². The van der Waals surface area contributed by atoms with Gasteiger partial charge in [-0.1, -0.05) is 0 Å². The van der Waals surface area contributed by atoms with Crippen molar-refractivity contribution in [1.29, 1.82) is 0 Å². The van der Waals surface area contributed by atoms with Gasteiger partial charge in [0, 0.05) is 30.8 Å². The van der Waals surface area contributed by atoms with Crippen molar-refractivity contribution in [3.8, 4) is 0 Å². The van der Waals surface area contributed by atoms with Gasteiger partial charge in [0.15, 0.2) is 0 Å². The molecule has 0 saturated carbocycles. The van der Waals surface area contributed by atoms with Crippen molar-refractivity contribution in [1.82, 2.24) is 15.1 Å². The van der Waals surface area contributed by atoms with E-state index in [1.165, 1.54) is 0 Å². The molecule has 0 saturated heterocycles. The maximum atomic E-state index is 12.2. The van der Waals surface area contributed by atoms with Crippen LogP contribution >= 0.6 is 0 Å². The normalized spacial score (nSPS) is 14.1. The van der Waals surface area contributed by atoms with Crippen LogP contribution in [0.5, 0.6) is 0 Å². The lowest BCUT2D eigenvalue weighted by Crippen LogP contribution is -2.20. The third kappa shape index (κ3) is 3.46. The molecule has 0 spiro atoms. The van der Waals surface area contributed by atoms with Gasteiger partial charge in [0.05, 0.1) is 5.69 Å². The lowest BCUT2D eigenvalue weighted by Gasteiger charge is -2.18. The molecule has 0 bridgehead atoms. The number of rotatable bonds is 4. The molecule has 1 unspecified atom stereocenters. The summed E-state index contributed by atoms with van der Waals surface area (Å²) in [6.45, 7) is 3.69. The Labute approximate surface area is 99.0 Å². The van der Waals surface area contributed by atoms with E-state index in [1.54, 1.807) is 18.8 Å². The zero-order valence-electron chi connectivity index (χ0n) is 10.5. The molecule has 0 aliphatic carbocycles. The van der Waals surface area contributed by atoms with E-state index in [4.69, 9.17) is 0 Å². The van der Waals surface area contributed by atoms with Crippen LogP contribution in [0.4, 0.5) is 13.2 Å². The fourth-order valence-electron chi connectivity index (χ4n) is 2.04. The summed E-state index contributed by atoms with van der Waals surface area (Å²) in [6, 6.07) is -0.301. The maximum Gasteiger partial charge on any atom is 0.389 e. The van der Waals surface area contributed by atoms with Crippen LogP contribution in [0.2, 0.25) is 0 Å². The van der Waals surface area contributed by atoms with Crippen molar-refractivity contribution < 1.29 is 13.2 Å². The molecule has 0 aromatic carbocycles. The second kappa shape index (κ2) is 5.08. The van der Waals surface area contributed by atoms with E-state index in [2.05, 4.69) is 10.4 Å². The summed E-state index contributed by atoms with van der Waals surface area (Å²) < 4.78 is 38.4. The molecule has 6 heteroatoms. The summed E-state index contributed by atoms with van der Waals surface area (Å²) in [5.74, 6) is 0. The molecular formula is C11H18F3N3. The van der Waals surface area contributed by atoms with Crippen LogP contribution in [0.3, 0.4) is 0 Å². The number of aryl methyl sites for hydroxylation is 2. The predicted octanol–water partition coefficient (Wildman–Crippen LogP) is 2.64. The molecule has 0 fully saturated rings. The summed E-state index contributed by atoms with van der Waals surface area (Å²) >= 11 is 0. The number of aromatic nitrogens is 2. The lowest BCUT2D eigenvalue weighted by atomic mass is 10.00. The highest BCUT2D eigenvalue weighted by atomic mass is 19.4. The first-order chi connectivity index (χ1) is 7.76. The van der Waals surface area contributed by atoms with E-state index in [0.29, 0.717) is 0 Å². The van der Waals surface area contributed by atoms with Gasteiger partial charge in [-0.15, -0.1) is 0 Å². The number of nitrogens with zero attached hydrogens (tertiary/aromatic N) is 2. The summed E-state index contributed by atoms with van der Waals surface area (Å²) in [5.41, 5.74) is 2.56. The van der Waals surface area contributed by atoms with Gasteiger partial charge in [-0.25, -0.2) is 0 Å². The molecule has 0 amide bonds. The van der Waals surface area contributed by atoms with E-state index in [-0.39, 0.29) is 12.5 Å². The first-order valence-corrected chi connectivity index (χ1v) is 5.50. The van der Waals surface area contributed by atoms with E-state index < -0.39 is 12.6 Å². The van der Waals surface area contributed by atoms with Crippen LogP contribution in [-0.4, -0.2) is 23.0 Å². The van der Waals surface area contributed by atoms with Crippen LogP contribution in [0.15, 0.2) is 0 Å². The summed E-state index contributed by atoms with van der Waals surface area (Å²) in [6.07, 6.45) is -4.86. The molecule has 1 N–H and O–H groups in total. The van der Waals surface area contributed by atoms with Crippen LogP contribution in [0.1, 0.15) is 35.8 Å². The Balaban J connectivity index is 2.87. The fraction of sp³-hybridized carbons (Fsp3) is 0.727. The van der Waals surface area contributed by atoms with Crippen LogP contribution in [0, 0.1) is 13.8 Å². The SMILES string of the molecule is CNC(CCC(F)(F)F)c1c(C)nn(C)c1C. The minimum absolute atomic E-state index is 0.0351. The van der Waals surface area contributed by atoms with Crippen molar-refractivity contribution >= 4 is 0 Å². The molecule has 0 aliphatic rings. The van der Waals surface area contributed by atoms with Crippen LogP contribution in [0.25, 0.3) is 0 Å². The molecule has 0 radical (unpaired) electrons. The Hall–Kier alpha value is -1.04. The van der Waals surface area contributed by atoms with Gasteiger partial charge in [-0.3, -0.25) is 4.68 Å². The number of hydrogen-bond donors (Lipinski definition) is 1. The first kappa shape index (κ1) is 14.0. The molecule has 1 aromatic rings. The Morgan fingerprint density at radius 2 is 1.94 bits per heavy atom. The largest absolute Gasteiger partial charge is 0.389 e. The van der Waals surface area contributed by atoms with E-state index in [1.807, 2.05) is 13.8 Å². The zero-order valence-corrected chi connectivity index (χ0v) is 10.5. The van der Waals surface area contributed by atoms with Crippen LogP contribution < -0.4 is 5.32 Å². The average Bonchev–Trinajstić information content (AvgIpc) is 2.43. The number of halogens is 3. The van der Waals surface area contributed by atoms with E-state index >= 15 is 0 Å². The zero-order chi connectivity index (χ0) is 13.2. The van der Waals surface area contributed by atoms with Crippen molar-refractivity contribution in [2.45, 2.75) is 38.9 Å². The molecule has 1 atom stereocenters. The van der Waals surface area contributed by atoms with Gasteiger partial charge in [-0.05, 0) is 27.3 Å². The van der Waals surface area contributed by atoms with E-state index in [0.717, 1.165) is 17.0 Å². The fourth-order valence-corrected chi connectivity index (χ4v) is 2.04. The van der Waals surface area contributed by atoms with Crippen molar-refractivity contribution in [2.24, 2.45) is 7.05 Å². The number of nitrogens with one attached hydrogen (secondary N) is 1. The molecule has 1 rings (SSSR count). The molecule has 1 aromatic heterocycles. The molecule has 3 nitrogen and oxygen atoms in total. The highest BCUT2D eigenvalue weighted by molar-refractivity contribution is 5.28. The second-order valence-corrected chi connectivity index (χ2v) is 4.20.